The van der Waals surface area contributed by atoms with Gasteiger partial charge in [-0.05, 0) is 52.4 Å². The molecule has 9 heteroatoms. The molecule has 1 amide bonds. The zero-order valence-electron chi connectivity index (χ0n) is 15.2. The van der Waals surface area contributed by atoms with Crippen LogP contribution in [0.3, 0.4) is 0 Å². The molecule has 2 aromatic heterocycles. The standard InChI is InChI=1S/C19H21BrN4O3S/c20-14-7-16-17(23-19(26)22-16)8-15(14)21-18(25)11-24(9-12-3-1-5-27-12)10-13-4-2-6-28-13/h2,4,6-8,12H,1,3,5,9-11H2,(H,21,25)(H2,22,23,26)/t12-/m1/s1. The Balaban J connectivity index is 1.45. The van der Waals surface area contributed by atoms with Crippen LogP contribution >= 0.6 is 27.3 Å². The molecule has 3 aromatic rings. The van der Waals surface area contributed by atoms with E-state index in [1.165, 1.54) is 4.88 Å². The van der Waals surface area contributed by atoms with Crippen LogP contribution in [0.4, 0.5) is 5.69 Å². The number of benzene rings is 1. The number of imidazole rings is 1. The second-order valence-electron chi connectivity index (χ2n) is 6.89. The van der Waals surface area contributed by atoms with Gasteiger partial charge in [-0.25, -0.2) is 4.79 Å². The van der Waals surface area contributed by atoms with Gasteiger partial charge >= 0.3 is 5.69 Å². The molecule has 7 nitrogen and oxygen atoms in total. The molecule has 4 rings (SSSR count). The van der Waals surface area contributed by atoms with Crippen molar-refractivity contribution in [2.24, 2.45) is 0 Å². The number of aromatic nitrogens is 2. The fourth-order valence-corrected chi connectivity index (χ4v) is 4.62. The van der Waals surface area contributed by atoms with Gasteiger partial charge in [0.1, 0.15) is 0 Å². The highest BCUT2D eigenvalue weighted by atomic mass is 79.9. The van der Waals surface area contributed by atoms with Crippen molar-refractivity contribution in [3.05, 3.63) is 49.5 Å². The van der Waals surface area contributed by atoms with Crippen LogP contribution in [0.25, 0.3) is 11.0 Å². The summed E-state index contributed by atoms with van der Waals surface area (Å²) in [6, 6.07) is 7.63. The van der Waals surface area contributed by atoms with Crippen molar-refractivity contribution in [3.8, 4) is 0 Å². The molecule has 0 radical (unpaired) electrons. The molecule has 0 unspecified atom stereocenters. The SMILES string of the molecule is O=C(CN(Cc1cccs1)C[C@H]1CCCO1)Nc1cc2[nH]c(=O)[nH]c2cc1Br. The Morgan fingerprint density at radius 1 is 1.36 bits per heavy atom. The largest absolute Gasteiger partial charge is 0.377 e. The van der Waals surface area contributed by atoms with E-state index in [1.54, 1.807) is 23.5 Å². The van der Waals surface area contributed by atoms with Crippen molar-refractivity contribution in [2.45, 2.75) is 25.5 Å². The van der Waals surface area contributed by atoms with Gasteiger partial charge in [0.15, 0.2) is 0 Å². The van der Waals surface area contributed by atoms with E-state index in [0.29, 0.717) is 21.2 Å². The molecule has 1 fully saturated rings. The molecule has 28 heavy (non-hydrogen) atoms. The third-order valence-electron chi connectivity index (χ3n) is 4.69. The minimum atomic E-state index is -0.274. The van der Waals surface area contributed by atoms with Crippen molar-refractivity contribution < 1.29 is 9.53 Å². The maximum atomic E-state index is 12.7. The first-order valence-corrected chi connectivity index (χ1v) is 10.8. The Labute approximate surface area is 174 Å². The summed E-state index contributed by atoms with van der Waals surface area (Å²) in [6.45, 7) is 2.52. The number of H-pyrrole nitrogens is 2. The molecule has 1 aliphatic heterocycles. The lowest BCUT2D eigenvalue weighted by atomic mass is 10.2. The van der Waals surface area contributed by atoms with Crippen LogP contribution in [0, 0.1) is 0 Å². The number of hydrogen-bond donors (Lipinski definition) is 3. The van der Waals surface area contributed by atoms with Crippen LogP contribution < -0.4 is 11.0 Å². The molecular weight excluding hydrogens is 444 g/mol. The van der Waals surface area contributed by atoms with E-state index in [4.69, 9.17) is 4.74 Å². The number of thiophene rings is 1. The minimum absolute atomic E-state index is 0.104. The number of nitrogens with zero attached hydrogens (tertiary/aromatic N) is 1. The van der Waals surface area contributed by atoms with Crippen LogP contribution in [0.1, 0.15) is 17.7 Å². The Bertz CT molecular complexity index is 1010. The van der Waals surface area contributed by atoms with Crippen molar-refractivity contribution in [3.63, 3.8) is 0 Å². The lowest BCUT2D eigenvalue weighted by Gasteiger charge is -2.24. The third-order valence-corrected chi connectivity index (χ3v) is 6.21. The van der Waals surface area contributed by atoms with Gasteiger partial charge < -0.3 is 20.0 Å². The Kier molecular flexibility index (Phi) is 5.96. The Morgan fingerprint density at radius 2 is 2.18 bits per heavy atom. The molecule has 1 saturated heterocycles. The van der Waals surface area contributed by atoms with Gasteiger partial charge in [-0.15, -0.1) is 11.3 Å². The van der Waals surface area contributed by atoms with Gasteiger partial charge in [-0.3, -0.25) is 9.69 Å². The van der Waals surface area contributed by atoms with Gasteiger partial charge in [-0.1, -0.05) is 6.07 Å². The second kappa shape index (κ2) is 8.60. The fourth-order valence-electron chi connectivity index (χ4n) is 3.43. The predicted molar refractivity (Wildman–Crippen MR) is 114 cm³/mol. The van der Waals surface area contributed by atoms with Gasteiger partial charge in [0.05, 0.1) is 29.4 Å². The number of rotatable bonds is 7. The summed E-state index contributed by atoms with van der Waals surface area (Å²) in [5.74, 6) is -0.104. The van der Waals surface area contributed by atoms with Gasteiger partial charge in [0, 0.05) is 29.0 Å². The second-order valence-corrected chi connectivity index (χ2v) is 8.78. The quantitative estimate of drug-likeness (QED) is 0.500. The summed E-state index contributed by atoms with van der Waals surface area (Å²) in [6.07, 6.45) is 2.29. The molecule has 1 atom stereocenters. The van der Waals surface area contributed by atoms with E-state index in [-0.39, 0.29) is 24.2 Å². The number of carbonyl (C=O) groups excluding carboxylic acids is 1. The van der Waals surface area contributed by atoms with Gasteiger partial charge in [0.2, 0.25) is 5.91 Å². The highest BCUT2D eigenvalue weighted by Gasteiger charge is 2.21. The maximum absolute atomic E-state index is 12.7. The molecule has 148 valence electrons. The normalized spacial score (nSPS) is 16.9. The van der Waals surface area contributed by atoms with Gasteiger partial charge in [-0.2, -0.15) is 0 Å². The lowest BCUT2D eigenvalue weighted by Crippen LogP contribution is -2.37. The zero-order valence-corrected chi connectivity index (χ0v) is 17.6. The number of amides is 1. The first-order chi connectivity index (χ1) is 13.6. The first-order valence-electron chi connectivity index (χ1n) is 9.14. The smallest absolute Gasteiger partial charge is 0.323 e. The number of halogens is 1. The third kappa shape index (κ3) is 4.72. The van der Waals surface area contributed by atoms with Crippen molar-refractivity contribution in [1.82, 2.24) is 14.9 Å². The van der Waals surface area contributed by atoms with Crippen LogP contribution in [0.2, 0.25) is 0 Å². The molecule has 0 saturated carbocycles. The average molecular weight is 465 g/mol. The molecule has 0 bridgehead atoms. The number of nitrogens with one attached hydrogen (secondary N) is 3. The van der Waals surface area contributed by atoms with E-state index >= 15 is 0 Å². The van der Waals surface area contributed by atoms with Crippen LogP contribution in [-0.2, 0) is 16.1 Å². The minimum Gasteiger partial charge on any atom is -0.377 e. The summed E-state index contributed by atoms with van der Waals surface area (Å²) in [7, 11) is 0. The summed E-state index contributed by atoms with van der Waals surface area (Å²) >= 11 is 5.15. The first kappa shape index (κ1) is 19.4. The van der Waals surface area contributed by atoms with Crippen LogP contribution in [0.15, 0.2) is 38.9 Å². The van der Waals surface area contributed by atoms with E-state index in [9.17, 15) is 9.59 Å². The number of hydrogen-bond acceptors (Lipinski definition) is 5. The summed E-state index contributed by atoms with van der Waals surface area (Å²) < 4.78 is 6.47. The summed E-state index contributed by atoms with van der Waals surface area (Å²) in [5.41, 5.74) is 1.69. The van der Waals surface area contributed by atoms with Crippen molar-refractivity contribution in [2.75, 3.05) is 25.0 Å². The maximum Gasteiger partial charge on any atom is 0.323 e. The average Bonchev–Trinajstić information content (AvgIpc) is 3.37. The molecule has 1 aliphatic rings. The Morgan fingerprint density at radius 3 is 2.89 bits per heavy atom. The number of ether oxygens (including phenoxy) is 1. The molecule has 1 aromatic carbocycles. The molecular formula is C19H21BrN4O3S. The highest BCUT2D eigenvalue weighted by molar-refractivity contribution is 9.10. The molecule has 3 N–H and O–H groups in total. The monoisotopic (exact) mass is 464 g/mol. The topological polar surface area (TPSA) is 90.2 Å². The summed E-state index contributed by atoms with van der Waals surface area (Å²) in [4.78, 5) is 33.0. The zero-order chi connectivity index (χ0) is 19.5. The van der Waals surface area contributed by atoms with Crippen LogP contribution in [-0.4, -0.2) is 46.6 Å². The number of carbonyl (C=O) groups is 1. The number of aromatic amines is 2. The Hall–Kier alpha value is -1.94. The molecule has 3 heterocycles. The van der Waals surface area contributed by atoms with Crippen LogP contribution in [0.5, 0.6) is 0 Å². The highest BCUT2D eigenvalue weighted by Crippen LogP contribution is 2.26. The predicted octanol–water partition coefficient (Wildman–Crippen LogP) is 3.30. The van der Waals surface area contributed by atoms with Crippen molar-refractivity contribution >= 4 is 49.9 Å². The van der Waals surface area contributed by atoms with E-state index in [0.717, 1.165) is 32.5 Å². The van der Waals surface area contributed by atoms with E-state index in [2.05, 4.69) is 42.2 Å². The van der Waals surface area contributed by atoms with E-state index in [1.807, 2.05) is 11.4 Å². The molecule has 0 aliphatic carbocycles. The summed E-state index contributed by atoms with van der Waals surface area (Å²) in [5, 5.41) is 4.99. The van der Waals surface area contributed by atoms with E-state index < -0.39 is 0 Å². The number of fused-ring (bicyclic) bond motifs is 1. The van der Waals surface area contributed by atoms with Crippen molar-refractivity contribution in [1.29, 1.82) is 0 Å². The fraction of sp³-hybridized carbons (Fsp3) is 0.368. The number of anilines is 1. The van der Waals surface area contributed by atoms with Gasteiger partial charge in [0.25, 0.3) is 0 Å². The lowest BCUT2D eigenvalue weighted by molar-refractivity contribution is -0.117. The molecule has 0 spiro atoms.